The molecule has 3 atom stereocenters. The topological polar surface area (TPSA) is 92.7 Å². The molecular weight excluding hydrogens is 402 g/mol. The van der Waals surface area contributed by atoms with Gasteiger partial charge in [0.15, 0.2) is 0 Å². The summed E-state index contributed by atoms with van der Waals surface area (Å²) in [5.74, 6) is -3.04. The number of nitrogens with one attached hydrogen (secondary N) is 1. The molecule has 0 unspecified atom stereocenters. The Bertz CT molecular complexity index is 831. The van der Waals surface area contributed by atoms with Crippen molar-refractivity contribution in [3.05, 3.63) is 27.1 Å². The van der Waals surface area contributed by atoms with Crippen LogP contribution >= 0.6 is 22.9 Å². The van der Waals surface area contributed by atoms with Crippen LogP contribution < -0.4 is 5.32 Å². The van der Waals surface area contributed by atoms with E-state index in [-0.39, 0.29) is 19.4 Å². The molecule has 0 aliphatic heterocycles. The molecule has 2 aliphatic carbocycles. The van der Waals surface area contributed by atoms with Gasteiger partial charge in [-0.05, 0) is 50.5 Å². The normalized spacial score (nSPS) is 24.1. The van der Waals surface area contributed by atoms with Crippen molar-refractivity contribution in [1.82, 2.24) is 0 Å². The molecule has 1 aromatic rings. The molecule has 0 fully saturated rings. The van der Waals surface area contributed by atoms with E-state index in [1.807, 2.05) is 0 Å². The highest BCUT2D eigenvalue weighted by Gasteiger charge is 2.37. The third kappa shape index (κ3) is 4.25. The third-order valence-electron chi connectivity index (χ3n) is 5.37. The van der Waals surface area contributed by atoms with Crippen LogP contribution in [0.1, 0.15) is 53.9 Å². The number of aliphatic carboxylic acids is 1. The van der Waals surface area contributed by atoms with Crippen molar-refractivity contribution in [2.45, 2.75) is 46.0 Å². The number of amides is 1. The van der Waals surface area contributed by atoms with Gasteiger partial charge in [-0.3, -0.25) is 9.59 Å². The van der Waals surface area contributed by atoms with Crippen LogP contribution in [0.25, 0.3) is 0 Å². The maximum Gasteiger partial charge on any atom is 0.341 e. The van der Waals surface area contributed by atoms with E-state index in [1.54, 1.807) is 13.0 Å². The van der Waals surface area contributed by atoms with Crippen molar-refractivity contribution < 1.29 is 24.2 Å². The third-order valence-corrected chi connectivity index (χ3v) is 6.89. The van der Waals surface area contributed by atoms with E-state index < -0.39 is 29.7 Å². The first-order valence-corrected chi connectivity index (χ1v) is 10.7. The molecule has 0 saturated carbocycles. The second kappa shape index (κ2) is 8.66. The Morgan fingerprint density at radius 2 is 2.07 bits per heavy atom. The van der Waals surface area contributed by atoms with Crippen molar-refractivity contribution in [3.8, 4) is 0 Å². The van der Waals surface area contributed by atoms with Crippen molar-refractivity contribution in [1.29, 1.82) is 0 Å². The maximum absolute atomic E-state index is 12.9. The minimum Gasteiger partial charge on any atom is -0.481 e. The Hall–Kier alpha value is -1.86. The number of anilines is 1. The molecular formula is C20H24ClNO5S. The molecule has 8 heteroatoms. The largest absolute Gasteiger partial charge is 0.481 e. The summed E-state index contributed by atoms with van der Waals surface area (Å²) >= 11 is 7.46. The van der Waals surface area contributed by atoms with Gasteiger partial charge in [0.1, 0.15) is 5.00 Å². The lowest BCUT2D eigenvalue weighted by Gasteiger charge is -2.25. The summed E-state index contributed by atoms with van der Waals surface area (Å²) in [6.45, 7) is 4.13. The van der Waals surface area contributed by atoms with Crippen LogP contribution in [-0.4, -0.2) is 29.6 Å². The average molecular weight is 426 g/mol. The van der Waals surface area contributed by atoms with E-state index in [9.17, 15) is 19.5 Å². The van der Waals surface area contributed by atoms with Gasteiger partial charge in [-0.25, -0.2) is 4.79 Å². The Kier molecular flexibility index (Phi) is 6.45. The van der Waals surface area contributed by atoms with Crippen LogP contribution in [0.2, 0.25) is 0 Å². The predicted molar refractivity (Wildman–Crippen MR) is 108 cm³/mol. The highest BCUT2D eigenvalue weighted by Crippen LogP contribution is 2.41. The number of carboxylic acids is 1. The number of ether oxygens (including phenoxy) is 1. The van der Waals surface area contributed by atoms with Crippen molar-refractivity contribution in [3.63, 3.8) is 0 Å². The second-order valence-corrected chi connectivity index (χ2v) is 9.00. The zero-order valence-electron chi connectivity index (χ0n) is 15.9. The summed E-state index contributed by atoms with van der Waals surface area (Å²) in [6, 6.07) is 0. The summed E-state index contributed by atoms with van der Waals surface area (Å²) in [5.41, 5.74) is 1.37. The summed E-state index contributed by atoms with van der Waals surface area (Å²) in [7, 11) is 0. The molecule has 0 spiro atoms. The molecule has 0 aromatic carbocycles. The number of fused-ring (bicyclic) bond motifs is 1. The number of allylic oxidation sites excluding steroid dienone is 2. The number of esters is 1. The monoisotopic (exact) mass is 425 g/mol. The van der Waals surface area contributed by atoms with Crippen LogP contribution in [0, 0.1) is 17.8 Å². The number of halogens is 1. The quantitative estimate of drug-likeness (QED) is 0.689. The first-order valence-electron chi connectivity index (χ1n) is 9.51. The lowest BCUT2D eigenvalue weighted by Crippen LogP contribution is -2.35. The van der Waals surface area contributed by atoms with Crippen molar-refractivity contribution >= 4 is 45.8 Å². The summed E-state index contributed by atoms with van der Waals surface area (Å²) in [6.07, 6.45) is 4.72. The fourth-order valence-electron chi connectivity index (χ4n) is 3.87. The lowest BCUT2D eigenvalue weighted by molar-refractivity contribution is -0.146. The van der Waals surface area contributed by atoms with E-state index >= 15 is 0 Å². The molecule has 28 heavy (non-hydrogen) atoms. The molecule has 1 amide bonds. The zero-order valence-corrected chi connectivity index (χ0v) is 17.5. The Labute approximate surface area is 172 Å². The average Bonchev–Trinajstić information content (AvgIpc) is 2.98. The number of thiophene rings is 1. The second-order valence-electron chi connectivity index (χ2n) is 7.41. The minimum atomic E-state index is -1.02. The fourth-order valence-corrected chi connectivity index (χ4v) is 5.36. The Morgan fingerprint density at radius 1 is 1.32 bits per heavy atom. The standard InChI is InChI=1S/C20H24ClNO5S/c1-3-27-20(26)16-14-8-10(2)4-7-15(14)28-18(16)22-17(23)13-9-11(21)5-6-12(13)19(24)25/h5,10,12-13H,3-4,6-9H2,1-2H3,(H,22,23)(H,24,25)/t10-,12-,13-/m1/s1. The molecule has 3 rings (SSSR count). The molecule has 6 nitrogen and oxygen atoms in total. The van der Waals surface area contributed by atoms with E-state index in [2.05, 4.69) is 12.2 Å². The van der Waals surface area contributed by atoms with E-state index in [4.69, 9.17) is 16.3 Å². The fraction of sp³-hybridized carbons (Fsp3) is 0.550. The van der Waals surface area contributed by atoms with Gasteiger partial charge >= 0.3 is 11.9 Å². The number of rotatable bonds is 5. The Morgan fingerprint density at radius 3 is 2.75 bits per heavy atom. The molecule has 0 radical (unpaired) electrons. The SMILES string of the molecule is CCOC(=O)c1c(NC(=O)[C@@H]2CC(Cl)=CC[C@H]2C(=O)O)sc2c1C[C@H](C)CC2. The number of carboxylic acid groups (broad SMARTS) is 1. The van der Waals surface area contributed by atoms with E-state index in [0.29, 0.717) is 21.5 Å². The number of aryl methyl sites for hydroxylation is 1. The Balaban J connectivity index is 1.91. The maximum atomic E-state index is 12.9. The van der Waals surface area contributed by atoms with Gasteiger partial charge in [-0.15, -0.1) is 11.3 Å². The van der Waals surface area contributed by atoms with Crippen LogP contribution in [0.5, 0.6) is 0 Å². The van der Waals surface area contributed by atoms with E-state index in [0.717, 1.165) is 29.7 Å². The minimum absolute atomic E-state index is 0.182. The summed E-state index contributed by atoms with van der Waals surface area (Å²) in [4.78, 5) is 38.2. The van der Waals surface area contributed by atoms with Crippen molar-refractivity contribution in [2.75, 3.05) is 11.9 Å². The van der Waals surface area contributed by atoms with Crippen LogP contribution in [0.4, 0.5) is 5.00 Å². The zero-order chi connectivity index (χ0) is 20.4. The molecule has 2 N–H and O–H groups in total. The smallest absolute Gasteiger partial charge is 0.341 e. The van der Waals surface area contributed by atoms with E-state index in [1.165, 1.54) is 11.3 Å². The highest BCUT2D eigenvalue weighted by molar-refractivity contribution is 7.17. The number of carbonyl (C=O) groups excluding carboxylic acids is 2. The van der Waals surface area contributed by atoms with Gasteiger partial charge in [-0.1, -0.05) is 24.6 Å². The van der Waals surface area contributed by atoms with Gasteiger partial charge in [0, 0.05) is 9.91 Å². The number of hydrogen-bond acceptors (Lipinski definition) is 5. The molecule has 0 bridgehead atoms. The van der Waals surface area contributed by atoms with Gasteiger partial charge in [-0.2, -0.15) is 0 Å². The predicted octanol–water partition coefficient (Wildman–Crippen LogP) is 4.22. The van der Waals surface area contributed by atoms with Crippen LogP contribution in [0.15, 0.2) is 11.1 Å². The number of carbonyl (C=O) groups is 3. The molecule has 152 valence electrons. The molecule has 2 aliphatic rings. The van der Waals surface area contributed by atoms with Crippen molar-refractivity contribution in [2.24, 2.45) is 17.8 Å². The summed E-state index contributed by atoms with van der Waals surface area (Å²) in [5, 5.41) is 13.2. The van der Waals surface area contributed by atoms with Gasteiger partial charge < -0.3 is 15.2 Å². The first-order chi connectivity index (χ1) is 13.3. The molecule has 1 aromatic heterocycles. The van der Waals surface area contributed by atoms with Gasteiger partial charge in [0.25, 0.3) is 0 Å². The molecule has 0 saturated heterocycles. The van der Waals surface area contributed by atoms with Gasteiger partial charge in [0.05, 0.1) is 24.0 Å². The summed E-state index contributed by atoms with van der Waals surface area (Å²) < 4.78 is 5.22. The molecule has 1 heterocycles. The van der Waals surface area contributed by atoms with Crippen LogP contribution in [0.3, 0.4) is 0 Å². The van der Waals surface area contributed by atoms with Gasteiger partial charge in [0.2, 0.25) is 5.91 Å². The number of hydrogen-bond donors (Lipinski definition) is 2. The highest BCUT2D eigenvalue weighted by atomic mass is 35.5. The van der Waals surface area contributed by atoms with Crippen LogP contribution in [-0.2, 0) is 27.2 Å². The lowest BCUT2D eigenvalue weighted by atomic mass is 9.82. The first kappa shape index (κ1) is 20.9.